The third kappa shape index (κ3) is 5.42. The predicted molar refractivity (Wildman–Crippen MR) is 119 cm³/mol. The minimum atomic E-state index is -1.04. The van der Waals surface area contributed by atoms with E-state index in [0.29, 0.717) is 0 Å². The Labute approximate surface area is 175 Å². The van der Waals surface area contributed by atoms with Gasteiger partial charge in [-0.15, -0.1) is 11.3 Å². The van der Waals surface area contributed by atoms with Crippen LogP contribution < -0.4 is 0 Å². The first-order valence-electron chi connectivity index (χ1n) is 9.57. The number of thiophene rings is 1. The monoisotopic (exact) mass is 408 g/mol. The van der Waals surface area contributed by atoms with Crippen molar-refractivity contribution in [1.82, 2.24) is 8.75 Å². The van der Waals surface area contributed by atoms with Crippen molar-refractivity contribution in [3.63, 3.8) is 0 Å². The maximum Gasteiger partial charge on any atom is 0.121 e. The topological polar surface area (TPSA) is 46.0 Å². The van der Waals surface area contributed by atoms with Crippen LogP contribution in [-0.2, 0) is 6.42 Å². The number of rotatable bonds is 5. The lowest BCUT2D eigenvalue weighted by atomic mass is 10.1. The second-order valence-corrected chi connectivity index (χ2v) is 8.71. The van der Waals surface area contributed by atoms with E-state index in [1.54, 1.807) is 25.2 Å². The molecule has 3 aromatic rings. The molecular formula is C23H24N2OS2. The molecule has 0 amide bonds. The number of aryl methyl sites for hydroxylation is 1. The fourth-order valence-corrected chi connectivity index (χ4v) is 4.17. The average molecular weight is 409 g/mol. The first kappa shape index (κ1) is 20.6. The summed E-state index contributed by atoms with van der Waals surface area (Å²) in [5.41, 5.74) is 3.46. The Morgan fingerprint density at radius 1 is 0.964 bits per heavy atom. The van der Waals surface area contributed by atoms with Gasteiger partial charge in [0.15, 0.2) is 0 Å². The summed E-state index contributed by atoms with van der Waals surface area (Å²) in [6.45, 7) is 5.56. The number of fused-ring (bicyclic) bond motifs is 1. The number of hydrogen-bond acceptors (Lipinski definition) is 5. The van der Waals surface area contributed by atoms with Crippen LogP contribution in [-0.4, -0.2) is 19.5 Å². The van der Waals surface area contributed by atoms with Gasteiger partial charge in [0.1, 0.15) is 16.6 Å². The van der Waals surface area contributed by atoms with E-state index in [9.17, 15) is 5.11 Å². The van der Waals surface area contributed by atoms with Gasteiger partial charge in [-0.25, -0.2) is 0 Å². The lowest BCUT2D eigenvalue weighted by molar-refractivity contribution is 0.143. The van der Waals surface area contributed by atoms with Crippen molar-refractivity contribution in [3.8, 4) is 23.7 Å². The molecule has 0 aliphatic rings. The zero-order valence-corrected chi connectivity index (χ0v) is 18.1. The van der Waals surface area contributed by atoms with E-state index in [1.165, 1.54) is 31.2 Å². The lowest BCUT2D eigenvalue weighted by Crippen LogP contribution is -2.14. The molecule has 144 valence electrons. The fraction of sp³-hybridized carbons (Fsp3) is 0.391. The van der Waals surface area contributed by atoms with E-state index in [0.717, 1.165) is 45.2 Å². The van der Waals surface area contributed by atoms with E-state index in [-0.39, 0.29) is 0 Å². The van der Waals surface area contributed by atoms with Gasteiger partial charge in [-0.05, 0) is 55.8 Å². The molecule has 5 heteroatoms. The number of aliphatic hydroxyl groups is 1. The largest absolute Gasteiger partial charge is 0.378 e. The standard InChI is InChI=1S/C23H24N2OS2/c1-4-5-6-7-8-17-14-16-27-20(17)12-11-18-9-10-19(13-15-23(2,3)26)22-21(18)24-28-25-22/h9-10,14,16,26H,4-8H2,1-3H3. The zero-order valence-electron chi connectivity index (χ0n) is 16.5. The van der Waals surface area contributed by atoms with Crippen LogP contribution in [0.2, 0.25) is 0 Å². The Kier molecular flexibility index (Phi) is 6.86. The highest BCUT2D eigenvalue weighted by Gasteiger charge is 2.10. The molecule has 3 rings (SSSR count). The van der Waals surface area contributed by atoms with Crippen LogP contribution in [0.3, 0.4) is 0 Å². The molecule has 0 radical (unpaired) electrons. The molecule has 3 nitrogen and oxygen atoms in total. The van der Waals surface area contributed by atoms with Crippen LogP contribution in [0.1, 0.15) is 68.0 Å². The number of aromatic nitrogens is 2. The van der Waals surface area contributed by atoms with Gasteiger partial charge in [0.05, 0.1) is 27.7 Å². The quantitative estimate of drug-likeness (QED) is 0.454. The summed E-state index contributed by atoms with van der Waals surface area (Å²) in [5.74, 6) is 12.5. The summed E-state index contributed by atoms with van der Waals surface area (Å²) < 4.78 is 8.80. The van der Waals surface area contributed by atoms with Crippen molar-refractivity contribution in [3.05, 3.63) is 45.1 Å². The molecule has 0 aliphatic heterocycles. The highest BCUT2D eigenvalue weighted by atomic mass is 32.1. The molecule has 0 bridgehead atoms. The Hall–Kier alpha value is -2.18. The van der Waals surface area contributed by atoms with Crippen molar-refractivity contribution >= 4 is 34.1 Å². The molecule has 0 aliphatic carbocycles. The van der Waals surface area contributed by atoms with Crippen molar-refractivity contribution in [2.75, 3.05) is 0 Å². The number of hydrogen-bond donors (Lipinski definition) is 1. The fourth-order valence-electron chi connectivity index (χ4n) is 2.80. The van der Waals surface area contributed by atoms with Gasteiger partial charge in [-0.1, -0.05) is 49.9 Å². The summed E-state index contributed by atoms with van der Waals surface area (Å²) in [7, 11) is 0. The molecule has 0 fully saturated rings. The van der Waals surface area contributed by atoms with Crippen LogP contribution in [0.25, 0.3) is 11.0 Å². The molecule has 28 heavy (non-hydrogen) atoms. The van der Waals surface area contributed by atoms with Crippen LogP contribution in [0.15, 0.2) is 23.6 Å². The van der Waals surface area contributed by atoms with Crippen molar-refractivity contribution in [2.24, 2.45) is 0 Å². The minimum absolute atomic E-state index is 0.750. The number of unbranched alkanes of at least 4 members (excludes halogenated alkanes) is 3. The van der Waals surface area contributed by atoms with Gasteiger partial charge in [-0.2, -0.15) is 8.75 Å². The van der Waals surface area contributed by atoms with E-state index < -0.39 is 5.60 Å². The Balaban J connectivity index is 1.85. The van der Waals surface area contributed by atoms with Crippen molar-refractivity contribution < 1.29 is 5.11 Å². The Morgan fingerprint density at radius 2 is 1.68 bits per heavy atom. The molecule has 0 atom stereocenters. The first-order chi connectivity index (χ1) is 13.5. The normalized spacial score (nSPS) is 11.0. The number of nitrogens with zero attached hydrogens (tertiary/aromatic N) is 2. The van der Waals surface area contributed by atoms with Gasteiger partial charge in [0.25, 0.3) is 0 Å². The number of benzene rings is 1. The predicted octanol–water partition coefficient (Wildman–Crippen LogP) is 5.40. The molecule has 0 unspecified atom stereocenters. The lowest BCUT2D eigenvalue weighted by Gasteiger charge is -2.06. The third-order valence-corrected chi connectivity index (χ3v) is 5.68. The Morgan fingerprint density at radius 3 is 2.36 bits per heavy atom. The highest BCUT2D eigenvalue weighted by Crippen LogP contribution is 2.22. The molecule has 0 saturated carbocycles. The second-order valence-electron chi connectivity index (χ2n) is 7.27. The zero-order chi connectivity index (χ0) is 20.0. The van der Waals surface area contributed by atoms with Gasteiger partial charge >= 0.3 is 0 Å². The van der Waals surface area contributed by atoms with Gasteiger partial charge in [0.2, 0.25) is 0 Å². The SMILES string of the molecule is CCCCCCc1ccsc1C#Cc1ccc(C#CC(C)(C)O)c2nsnc12. The maximum atomic E-state index is 9.84. The van der Waals surface area contributed by atoms with Crippen molar-refractivity contribution in [2.45, 2.75) is 58.5 Å². The summed E-state index contributed by atoms with van der Waals surface area (Å²) in [5, 5.41) is 12.0. The molecule has 1 aromatic carbocycles. The van der Waals surface area contributed by atoms with E-state index >= 15 is 0 Å². The average Bonchev–Trinajstić information content (AvgIpc) is 3.31. The summed E-state index contributed by atoms with van der Waals surface area (Å²) >= 11 is 2.86. The summed E-state index contributed by atoms with van der Waals surface area (Å²) in [4.78, 5) is 1.14. The van der Waals surface area contributed by atoms with Crippen molar-refractivity contribution in [1.29, 1.82) is 0 Å². The Bertz CT molecular complexity index is 1070. The molecular weight excluding hydrogens is 384 g/mol. The van der Waals surface area contributed by atoms with Gasteiger partial charge < -0.3 is 5.11 Å². The molecule has 1 N–H and O–H groups in total. The van der Waals surface area contributed by atoms with Gasteiger partial charge in [-0.3, -0.25) is 0 Å². The van der Waals surface area contributed by atoms with E-state index in [2.05, 4.69) is 50.8 Å². The summed E-state index contributed by atoms with van der Waals surface area (Å²) in [6, 6.07) is 6.04. The highest BCUT2D eigenvalue weighted by molar-refractivity contribution is 7.10. The van der Waals surface area contributed by atoms with E-state index in [1.807, 2.05) is 12.1 Å². The minimum Gasteiger partial charge on any atom is -0.378 e. The summed E-state index contributed by atoms with van der Waals surface area (Å²) in [6.07, 6.45) is 6.13. The molecule has 0 saturated heterocycles. The van der Waals surface area contributed by atoms with Crippen LogP contribution in [0.5, 0.6) is 0 Å². The van der Waals surface area contributed by atoms with Gasteiger partial charge in [0, 0.05) is 0 Å². The van der Waals surface area contributed by atoms with Crippen LogP contribution >= 0.6 is 23.1 Å². The second kappa shape index (κ2) is 9.34. The molecule has 2 heterocycles. The van der Waals surface area contributed by atoms with Crippen LogP contribution in [0.4, 0.5) is 0 Å². The first-order valence-corrected chi connectivity index (χ1v) is 11.2. The maximum absolute atomic E-state index is 9.84. The smallest absolute Gasteiger partial charge is 0.121 e. The third-order valence-electron chi connectivity index (χ3n) is 4.28. The van der Waals surface area contributed by atoms with Crippen LogP contribution in [0, 0.1) is 23.7 Å². The molecule has 2 aromatic heterocycles. The van der Waals surface area contributed by atoms with E-state index in [4.69, 9.17) is 0 Å². The molecule has 0 spiro atoms.